The smallest absolute Gasteiger partial charge is 0.234 e. The summed E-state index contributed by atoms with van der Waals surface area (Å²) in [4.78, 5) is 14.3. The molecule has 0 N–H and O–H groups in total. The molecule has 0 bridgehead atoms. The van der Waals surface area contributed by atoms with Crippen LogP contribution in [0.3, 0.4) is 0 Å². The number of benzene rings is 2. The second-order valence-electron chi connectivity index (χ2n) is 5.68. The Balaban J connectivity index is 1.84. The first-order valence-corrected chi connectivity index (χ1v) is 8.96. The van der Waals surface area contributed by atoms with Gasteiger partial charge in [-0.1, -0.05) is 12.1 Å². The second kappa shape index (κ2) is 7.70. The van der Waals surface area contributed by atoms with E-state index in [1.165, 1.54) is 0 Å². The van der Waals surface area contributed by atoms with Gasteiger partial charge in [-0.3, -0.25) is 4.79 Å². The van der Waals surface area contributed by atoms with Crippen molar-refractivity contribution < 1.29 is 19.0 Å². The Morgan fingerprint density at radius 3 is 2.12 bits per heavy atom. The van der Waals surface area contributed by atoms with Crippen LogP contribution in [0.25, 0.3) is 0 Å². The van der Waals surface area contributed by atoms with E-state index in [1.54, 1.807) is 33.1 Å². The largest absolute Gasteiger partial charge is 0.497 e. The van der Waals surface area contributed by atoms with Crippen LogP contribution in [0.5, 0.6) is 17.2 Å². The highest BCUT2D eigenvalue weighted by molar-refractivity contribution is 8.00. The molecule has 1 atom stereocenters. The molecular formula is C19H21NO4S. The Morgan fingerprint density at radius 2 is 1.56 bits per heavy atom. The monoisotopic (exact) mass is 359 g/mol. The van der Waals surface area contributed by atoms with Gasteiger partial charge < -0.3 is 19.1 Å². The minimum absolute atomic E-state index is 0.00407. The Labute approximate surface area is 151 Å². The van der Waals surface area contributed by atoms with Crippen LogP contribution in [0.2, 0.25) is 0 Å². The van der Waals surface area contributed by atoms with E-state index in [4.69, 9.17) is 14.2 Å². The van der Waals surface area contributed by atoms with Crippen molar-refractivity contribution in [2.45, 2.75) is 11.9 Å². The Bertz CT molecular complexity index is 725. The predicted octanol–water partition coefficient (Wildman–Crippen LogP) is 3.49. The van der Waals surface area contributed by atoms with Crippen molar-refractivity contribution in [2.75, 3.05) is 27.1 Å². The van der Waals surface area contributed by atoms with Crippen LogP contribution in [0.1, 0.15) is 16.5 Å². The normalized spacial score (nSPS) is 16.8. The van der Waals surface area contributed by atoms with Gasteiger partial charge in [0.05, 0.1) is 27.1 Å². The zero-order chi connectivity index (χ0) is 17.8. The first-order valence-electron chi connectivity index (χ1n) is 7.91. The van der Waals surface area contributed by atoms with E-state index in [1.807, 2.05) is 47.4 Å². The average molecular weight is 359 g/mol. The van der Waals surface area contributed by atoms with Gasteiger partial charge in [0, 0.05) is 12.6 Å². The quantitative estimate of drug-likeness (QED) is 0.790. The van der Waals surface area contributed by atoms with Crippen molar-refractivity contribution in [1.29, 1.82) is 0 Å². The van der Waals surface area contributed by atoms with Gasteiger partial charge in [-0.05, 0) is 35.4 Å². The van der Waals surface area contributed by atoms with Crippen LogP contribution in [-0.4, -0.2) is 37.9 Å². The number of thioether (sulfide) groups is 1. The van der Waals surface area contributed by atoms with Crippen LogP contribution in [0.15, 0.2) is 42.5 Å². The second-order valence-corrected chi connectivity index (χ2v) is 6.75. The standard InChI is InChI=1S/C19H21NO4S/c1-22-15-6-4-14(5-7-15)19-20(18(21)12-25-19)11-13-8-16(23-2)10-17(9-13)24-3/h4-10,19H,11-12H2,1-3H3. The van der Waals surface area contributed by atoms with Crippen LogP contribution in [-0.2, 0) is 11.3 Å². The molecular weight excluding hydrogens is 338 g/mol. The van der Waals surface area contributed by atoms with E-state index in [-0.39, 0.29) is 11.3 Å². The molecule has 0 spiro atoms. The third kappa shape index (κ3) is 3.85. The third-order valence-electron chi connectivity index (χ3n) is 4.13. The van der Waals surface area contributed by atoms with Crippen molar-refractivity contribution in [3.63, 3.8) is 0 Å². The highest BCUT2D eigenvalue weighted by atomic mass is 32.2. The van der Waals surface area contributed by atoms with Gasteiger partial charge in [-0.15, -0.1) is 11.8 Å². The summed E-state index contributed by atoms with van der Waals surface area (Å²) in [5.74, 6) is 2.86. The maximum Gasteiger partial charge on any atom is 0.234 e. The fourth-order valence-electron chi connectivity index (χ4n) is 2.82. The van der Waals surface area contributed by atoms with Crippen LogP contribution in [0.4, 0.5) is 0 Å². The van der Waals surface area contributed by atoms with Gasteiger partial charge in [-0.2, -0.15) is 0 Å². The molecule has 6 heteroatoms. The Hall–Kier alpha value is -2.34. The SMILES string of the molecule is COc1ccc(C2SCC(=O)N2Cc2cc(OC)cc(OC)c2)cc1. The van der Waals surface area contributed by atoms with Crippen LogP contribution >= 0.6 is 11.8 Å². The van der Waals surface area contributed by atoms with Crippen molar-refractivity contribution >= 4 is 17.7 Å². The fourth-order valence-corrected chi connectivity index (χ4v) is 4.01. The number of methoxy groups -OCH3 is 3. The minimum atomic E-state index is -0.00407. The molecule has 0 aromatic heterocycles. The molecule has 2 aromatic rings. The van der Waals surface area contributed by atoms with Gasteiger partial charge in [0.1, 0.15) is 22.6 Å². The molecule has 0 radical (unpaired) electrons. The summed E-state index contributed by atoms with van der Waals surface area (Å²) in [7, 11) is 4.89. The lowest BCUT2D eigenvalue weighted by molar-refractivity contribution is -0.128. The molecule has 3 rings (SSSR count). The van der Waals surface area contributed by atoms with E-state index in [2.05, 4.69) is 0 Å². The molecule has 5 nitrogen and oxygen atoms in total. The lowest BCUT2D eigenvalue weighted by atomic mass is 10.1. The Kier molecular flexibility index (Phi) is 5.38. The average Bonchev–Trinajstić information content (AvgIpc) is 3.02. The molecule has 132 valence electrons. The fraction of sp³-hybridized carbons (Fsp3) is 0.316. The van der Waals surface area contributed by atoms with E-state index >= 15 is 0 Å². The van der Waals surface area contributed by atoms with Crippen LogP contribution < -0.4 is 14.2 Å². The summed E-state index contributed by atoms with van der Waals surface area (Å²) in [6.07, 6.45) is 0. The molecule has 2 aromatic carbocycles. The van der Waals surface area contributed by atoms with E-state index in [9.17, 15) is 4.79 Å². The van der Waals surface area contributed by atoms with E-state index in [0.717, 1.165) is 28.4 Å². The van der Waals surface area contributed by atoms with Gasteiger partial charge in [0.25, 0.3) is 0 Å². The zero-order valence-corrected chi connectivity index (χ0v) is 15.3. The molecule has 0 saturated carbocycles. The topological polar surface area (TPSA) is 48.0 Å². The Morgan fingerprint density at radius 1 is 0.960 bits per heavy atom. The summed E-state index contributed by atoms with van der Waals surface area (Å²) < 4.78 is 15.9. The van der Waals surface area contributed by atoms with Gasteiger partial charge >= 0.3 is 0 Å². The summed E-state index contributed by atoms with van der Waals surface area (Å²) in [5.41, 5.74) is 2.07. The maximum atomic E-state index is 12.4. The van der Waals surface area contributed by atoms with Crippen LogP contribution in [0, 0.1) is 0 Å². The minimum Gasteiger partial charge on any atom is -0.497 e. The predicted molar refractivity (Wildman–Crippen MR) is 98.3 cm³/mol. The molecule has 1 fully saturated rings. The zero-order valence-electron chi connectivity index (χ0n) is 14.5. The van der Waals surface area contributed by atoms with E-state index in [0.29, 0.717) is 12.3 Å². The molecule has 1 saturated heterocycles. The number of nitrogens with zero attached hydrogens (tertiary/aromatic N) is 1. The molecule has 1 unspecified atom stereocenters. The van der Waals surface area contributed by atoms with Crippen molar-refractivity contribution in [1.82, 2.24) is 4.90 Å². The summed E-state index contributed by atoms with van der Waals surface area (Å²) in [6.45, 7) is 0.510. The first kappa shape index (κ1) is 17.5. The maximum absolute atomic E-state index is 12.4. The van der Waals surface area contributed by atoms with Crippen molar-refractivity contribution in [2.24, 2.45) is 0 Å². The molecule has 1 heterocycles. The lowest BCUT2D eigenvalue weighted by Gasteiger charge is -2.25. The first-order chi connectivity index (χ1) is 12.1. The lowest BCUT2D eigenvalue weighted by Crippen LogP contribution is -2.27. The van der Waals surface area contributed by atoms with Gasteiger partial charge in [0.2, 0.25) is 5.91 Å². The summed E-state index contributed by atoms with van der Waals surface area (Å²) in [5, 5.41) is -0.00407. The molecule has 0 aliphatic carbocycles. The number of rotatable bonds is 6. The molecule has 1 aliphatic rings. The number of carbonyl (C=O) groups is 1. The number of hydrogen-bond acceptors (Lipinski definition) is 5. The summed E-state index contributed by atoms with van der Waals surface area (Å²) >= 11 is 1.64. The molecule has 25 heavy (non-hydrogen) atoms. The van der Waals surface area contributed by atoms with Gasteiger partial charge in [0.15, 0.2) is 0 Å². The summed E-state index contributed by atoms with van der Waals surface area (Å²) in [6, 6.07) is 13.6. The number of carbonyl (C=O) groups excluding carboxylic acids is 1. The number of ether oxygens (including phenoxy) is 3. The third-order valence-corrected chi connectivity index (χ3v) is 5.39. The number of amides is 1. The van der Waals surface area contributed by atoms with Gasteiger partial charge in [-0.25, -0.2) is 0 Å². The highest BCUT2D eigenvalue weighted by Gasteiger charge is 2.32. The number of hydrogen-bond donors (Lipinski definition) is 0. The molecule has 1 amide bonds. The van der Waals surface area contributed by atoms with E-state index < -0.39 is 0 Å². The van der Waals surface area contributed by atoms with Crippen molar-refractivity contribution in [3.05, 3.63) is 53.6 Å². The molecule has 1 aliphatic heterocycles. The highest BCUT2D eigenvalue weighted by Crippen LogP contribution is 2.40. The van der Waals surface area contributed by atoms with Crippen molar-refractivity contribution in [3.8, 4) is 17.2 Å².